The van der Waals surface area contributed by atoms with Crippen molar-refractivity contribution in [3.05, 3.63) is 122 Å². The molecule has 0 saturated heterocycles. The van der Waals surface area contributed by atoms with Crippen LogP contribution in [0.15, 0.2) is 122 Å². The molecule has 2 atom stereocenters. The molecule has 344 valence electrons. The van der Waals surface area contributed by atoms with Crippen LogP contribution in [-0.2, 0) is 27.9 Å². The summed E-state index contributed by atoms with van der Waals surface area (Å²) in [6, 6.07) is 0. The summed E-state index contributed by atoms with van der Waals surface area (Å²) in [5.74, 6) is -0.598. The molecule has 0 spiro atoms. The molecule has 0 aromatic rings. The smallest absolute Gasteiger partial charge is 0.463 e. The quantitative estimate of drug-likeness (QED) is 0.0240. The van der Waals surface area contributed by atoms with E-state index in [4.69, 9.17) is 13.8 Å². The highest BCUT2D eigenvalue weighted by Gasteiger charge is 2.23. The molecule has 10 heteroatoms. The largest absolute Gasteiger partial charge is 0.472 e. The Balaban J connectivity index is 3.71. The van der Waals surface area contributed by atoms with Crippen LogP contribution in [0.2, 0.25) is 0 Å². The van der Waals surface area contributed by atoms with E-state index in [-0.39, 0.29) is 32.1 Å². The second-order valence-corrected chi connectivity index (χ2v) is 16.1. The number of amides is 1. The van der Waals surface area contributed by atoms with Gasteiger partial charge in [-0.1, -0.05) is 167 Å². The summed E-state index contributed by atoms with van der Waals surface area (Å²) in [5, 5.41) is 12.7. The van der Waals surface area contributed by atoms with Crippen LogP contribution in [-0.4, -0.2) is 54.3 Å². The monoisotopic (exact) mass is 868 g/mol. The minimum Gasteiger partial charge on any atom is -0.463 e. The summed E-state index contributed by atoms with van der Waals surface area (Å²) in [6.07, 6.45) is 62.8. The van der Waals surface area contributed by atoms with Gasteiger partial charge in [0.25, 0.3) is 0 Å². The van der Waals surface area contributed by atoms with Gasteiger partial charge in [-0.25, -0.2) is 4.57 Å². The fraction of sp³-hybridized carbons (Fsp3) is 0.569. The summed E-state index contributed by atoms with van der Waals surface area (Å²) in [4.78, 5) is 34.0. The first-order chi connectivity index (χ1) is 29.8. The molecule has 2 unspecified atom stereocenters. The topological polar surface area (TPSA) is 131 Å². The first-order valence-electron chi connectivity index (χ1n) is 23.0. The number of hydrogen-bond acceptors (Lipinski definition) is 7. The Bertz CT molecular complexity index is 1400. The van der Waals surface area contributed by atoms with Gasteiger partial charge in [0.2, 0.25) is 5.91 Å². The minimum atomic E-state index is -4.45. The van der Waals surface area contributed by atoms with E-state index in [2.05, 4.69) is 141 Å². The second kappa shape index (κ2) is 45.9. The van der Waals surface area contributed by atoms with Gasteiger partial charge >= 0.3 is 13.8 Å². The maximum absolute atomic E-state index is 12.1. The molecule has 9 nitrogen and oxygen atoms in total. The Kier molecular flexibility index (Phi) is 43.2. The number of aliphatic hydroxyl groups is 1. The van der Waals surface area contributed by atoms with Crippen molar-refractivity contribution >= 4 is 19.7 Å². The summed E-state index contributed by atoms with van der Waals surface area (Å²) >= 11 is 0. The third-order valence-electron chi connectivity index (χ3n) is 8.89. The highest BCUT2D eigenvalue weighted by molar-refractivity contribution is 7.47. The van der Waals surface area contributed by atoms with Gasteiger partial charge in [0.1, 0.15) is 12.7 Å². The van der Waals surface area contributed by atoms with Crippen molar-refractivity contribution in [1.29, 1.82) is 0 Å². The van der Waals surface area contributed by atoms with Crippen molar-refractivity contribution in [2.45, 2.75) is 161 Å². The number of esters is 1. The van der Waals surface area contributed by atoms with Crippen LogP contribution in [0.5, 0.6) is 0 Å². The highest BCUT2D eigenvalue weighted by Crippen LogP contribution is 2.42. The number of rotatable bonds is 41. The van der Waals surface area contributed by atoms with E-state index < -0.39 is 26.5 Å². The van der Waals surface area contributed by atoms with E-state index in [1.165, 1.54) is 19.3 Å². The van der Waals surface area contributed by atoms with Crippen molar-refractivity contribution in [2.75, 3.05) is 26.4 Å². The van der Waals surface area contributed by atoms with Crippen molar-refractivity contribution in [1.82, 2.24) is 5.32 Å². The van der Waals surface area contributed by atoms with E-state index >= 15 is 0 Å². The van der Waals surface area contributed by atoms with Crippen molar-refractivity contribution < 1.29 is 37.9 Å². The van der Waals surface area contributed by atoms with Crippen LogP contribution in [0.25, 0.3) is 0 Å². The van der Waals surface area contributed by atoms with Crippen molar-refractivity contribution in [3.63, 3.8) is 0 Å². The number of hydrogen-bond donors (Lipinski definition) is 3. The minimum absolute atomic E-state index is 0.0421. The lowest BCUT2D eigenvalue weighted by molar-refractivity contribution is -0.147. The van der Waals surface area contributed by atoms with Gasteiger partial charge in [-0.05, 0) is 96.3 Å². The molecule has 3 N–H and O–H groups in total. The zero-order valence-corrected chi connectivity index (χ0v) is 38.7. The van der Waals surface area contributed by atoms with Gasteiger partial charge in [0.05, 0.1) is 13.2 Å². The Labute approximate surface area is 370 Å². The van der Waals surface area contributed by atoms with E-state index in [9.17, 15) is 24.2 Å². The number of phosphoric acid groups is 1. The lowest BCUT2D eigenvalue weighted by atomic mass is 10.1. The number of carbonyl (C=O) groups excluding carboxylic acids is 2. The van der Waals surface area contributed by atoms with Gasteiger partial charge in [-0.15, -0.1) is 0 Å². The fourth-order valence-corrected chi connectivity index (χ4v) is 6.26. The molecule has 0 aliphatic carbocycles. The van der Waals surface area contributed by atoms with Crippen LogP contribution < -0.4 is 5.32 Å². The number of carbonyl (C=O) groups is 2. The van der Waals surface area contributed by atoms with Crippen LogP contribution in [0, 0.1) is 0 Å². The Morgan fingerprint density at radius 3 is 1.36 bits per heavy atom. The fourth-order valence-electron chi connectivity index (χ4n) is 5.50. The molecular weight excluding hydrogens is 786 g/mol. The predicted octanol–water partition coefficient (Wildman–Crippen LogP) is 13.3. The summed E-state index contributed by atoms with van der Waals surface area (Å²) in [5.41, 5.74) is 0. The van der Waals surface area contributed by atoms with E-state index in [1.807, 2.05) is 0 Å². The maximum Gasteiger partial charge on any atom is 0.472 e. The number of ether oxygens (including phenoxy) is 1. The predicted molar refractivity (Wildman–Crippen MR) is 256 cm³/mol. The molecule has 0 aromatic heterocycles. The van der Waals surface area contributed by atoms with Gasteiger partial charge < -0.3 is 20.1 Å². The highest BCUT2D eigenvalue weighted by atomic mass is 31.2. The maximum atomic E-state index is 12.1. The molecule has 0 bridgehead atoms. The molecule has 1 amide bonds. The summed E-state index contributed by atoms with van der Waals surface area (Å²) in [6.45, 7) is 3.21. The second-order valence-electron chi connectivity index (χ2n) is 14.6. The standard InChI is InChI=1S/C51H82NO8P/c1-3-5-7-9-11-13-15-17-19-21-22-23-24-25-26-28-30-32-34-36-38-40-42-44-51(55)58-47-49(53)48-60-61(56,57)59-46-45-52-50(54)43-41-39-37-35-33-31-29-27-20-18-16-14-12-10-8-6-4-2/h5-8,11-14,17-20,22-23,25-26,29,31,35,37,49,53H,3-4,9-10,15-16,21,24,27-28,30,32-34,36,38-48H2,1-2H3,(H,52,54)(H,56,57)/b7-5-,8-6-,13-11-,14-12-,19-17-,20-18-,23-22-,26-25-,31-29-,37-35-. The van der Waals surface area contributed by atoms with Crippen molar-refractivity contribution in [3.8, 4) is 0 Å². The summed E-state index contributed by atoms with van der Waals surface area (Å²) < 4.78 is 26.9. The lowest BCUT2D eigenvalue weighted by Crippen LogP contribution is -2.27. The van der Waals surface area contributed by atoms with Gasteiger partial charge in [-0.2, -0.15) is 0 Å². The normalized spacial score (nSPS) is 14.4. The molecule has 0 aromatic carbocycles. The van der Waals surface area contributed by atoms with Crippen LogP contribution in [0.1, 0.15) is 155 Å². The summed E-state index contributed by atoms with van der Waals surface area (Å²) in [7, 11) is -4.45. The van der Waals surface area contributed by atoms with Gasteiger partial charge in [0, 0.05) is 19.4 Å². The Morgan fingerprint density at radius 2 is 0.902 bits per heavy atom. The zero-order valence-electron chi connectivity index (χ0n) is 37.8. The van der Waals surface area contributed by atoms with Gasteiger partial charge in [0.15, 0.2) is 0 Å². The molecule has 0 fully saturated rings. The third kappa shape index (κ3) is 47.3. The lowest BCUT2D eigenvalue weighted by Gasteiger charge is -2.15. The third-order valence-corrected chi connectivity index (χ3v) is 9.87. The van der Waals surface area contributed by atoms with Crippen LogP contribution in [0.4, 0.5) is 0 Å². The SMILES string of the molecule is CC/C=C\C/C=C\C/C=C\C/C=C\C/C=C\CCCCCCCCCC(=O)OCC(O)COP(=O)(O)OCCNC(=O)CCC/C=C\C/C=C\C/C=C\C/C=C\C/C=C\CC. The van der Waals surface area contributed by atoms with E-state index in [0.717, 1.165) is 96.3 Å². The van der Waals surface area contributed by atoms with Gasteiger partial charge in [-0.3, -0.25) is 18.6 Å². The number of nitrogens with one attached hydrogen (secondary N) is 1. The number of aliphatic hydroxyl groups excluding tert-OH is 1. The molecule has 0 rings (SSSR count). The first-order valence-corrected chi connectivity index (χ1v) is 24.5. The molecule has 0 heterocycles. The Morgan fingerprint density at radius 1 is 0.508 bits per heavy atom. The zero-order chi connectivity index (χ0) is 44.6. The van der Waals surface area contributed by atoms with Crippen LogP contribution >= 0.6 is 7.82 Å². The first kappa shape index (κ1) is 57.4. The average Bonchev–Trinajstić information content (AvgIpc) is 3.25. The molecular formula is C51H82NO8P. The van der Waals surface area contributed by atoms with Crippen molar-refractivity contribution in [2.24, 2.45) is 0 Å². The Hall–Kier alpha value is -3.59. The molecule has 0 aliphatic rings. The number of unbranched alkanes of at least 4 members (excludes halogenated alkanes) is 8. The van der Waals surface area contributed by atoms with Crippen LogP contribution in [0.3, 0.4) is 0 Å². The van der Waals surface area contributed by atoms with E-state index in [0.29, 0.717) is 19.3 Å². The molecule has 0 aliphatic heterocycles. The molecule has 0 radical (unpaired) electrons. The van der Waals surface area contributed by atoms with E-state index in [1.54, 1.807) is 0 Å². The average molecular weight is 868 g/mol. The number of phosphoric ester groups is 1. The molecule has 0 saturated carbocycles. The molecule has 61 heavy (non-hydrogen) atoms. The number of allylic oxidation sites excluding steroid dienone is 20.